The van der Waals surface area contributed by atoms with Crippen molar-refractivity contribution in [1.82, 2.24) is 0 Å². The fourth-order valence-corrected chi connectivity index (χ4v) is 1.77. The quantitative estimate of drug-likeness (QED) is 0.888. The van der Waals surface area contributed by atoms with E-state index in [-0.39, 0.29) is 6.54 Å². The molecule has 1 atom stereocenters. The van der Waals surface area contributed by atoms with Gasteiger partial charge in [-0.3, -0.25) is 0 Å². The Morgan fingerprint density at radius 1 is 1.36 bits per heavy atom. The maximum atomic E-state index is 12.6. The largest absolute Gasteiger partial charge is 0.330 e. The van der Waals surface area contributed by atoms with Crippen molar-refractivity contribution in [2.24, 2.45) is 5.73 Å². The summed E-state index contributed by atoms with van der Waals surface area (Å²) in [7, 11) is 0. The molecule has 0 radical (unpaired) electrons. The van der Waals surface area contributed by atoms with Gasteiger partial charge in [0, 0.05) is 10.4 Å². The van der Waals surface area contributed by atoms with E-state index in [1.807, 2.05) is 6.07 Å². The molecule has 0 spiro atoms. The van der Waals surface area contributed by atoms with Crippen LogP contribution in [0.15, 0.2) is 28.7 Å². The summed E-state index contributed by atoms with van der Waals surface area (Å²) in [5, 5.41) is 0. The molecule has 0 aromatic heterocycles. The highest BCUT2D eigenvalue weighted by Crippen LogP contribution is 2.28. The van der Waals surface area contributed by atoms with E-state index in [1.54, 1.807) is 18.2 Å². The SMILES string of the molecule is NCCC(c1cccc(Br)c1)C(F)F. The standard InChI is InChI=1S/C10H12BrF2N/c11-8-3-1-2-7(6-8)9(4-5-14)10(12)13/h1-3,6,9-10H,4-5,14H2. The van der Waals surface area contributed by atoms with Gasteiger partial charge in [0.2, 0.25) is 6.43 Å². The molecule has 0 aliphatic heterocycles. The zero-order chi connectivity index (χ0) is 10.6. The predicted molar refractivity (Wildman–Crippen MR) is 56.6 cm³/mol. The Bertz CT molecular complexity index is 291. The van der Waals surface area contributed by atoms with Gasteiger partial charge in [-0.15, -0.1) is 0 Å². The van der Waals surface area contributed by atoms with Crippen LogP contribution in [0.2, 0.25) is 0 Å². The van der Waals surface area contributed by atoms with Crippen LogP contribution >= 0.6 is 15.9 Å². The van der Waals surface area contributed by atoms with Crippen LogP contribution in [0.25, 0.3) is 0 Å². The predicted octanol–water partition coefficient (Wildman–Crippen LogP) is 3.15. The number of rotatable bonds is 4. The van der Waals surface area contributed by atoms with Crippen LogP contribution in [0.5, 0.6) is 0 Å². The summed E-state index contributed by atoms with van der Waals surface area (Å²) in [6.07, 6.45) is -2.04. The molecule has 1 nitrogen and oxygen atoms in total. The van der Waals surface area contributed by atoms with Gasteiger partial charge in [-0.05, 0) is 30.7 Å². The van der Waals surface area contributed by atoms with Gasteiger partial charge in [0.15, 0.2) is 0 Å². The zero-order valence-corrected chi connectivity index (χ0v) is 9.18. The van der Waals surface area contributed by atoms with Crippen LogP contribution in [0.1, 0.15) is 17.9 Å². The van der Waals surface area contributed by atoms with Crippen molar-refractivity contribution in [1.29, 1.82) is 0 Å². The van der Waals surface area contributed by atoms with Crippen molar-refractivity contribution in [2.75, 3.05) is 6.54 Å². The van der Waals surface area contributed by atoms with E-state index in [9.17, 15) is 8.78 Å². The normalized spacial score (nSPS) is 13.2. The first-order valence-electron chi connectivity index (χ1n) is 4.39. The molecule has 0 fully saturated rings. The second-order valence-electron chi connectivity index (χ2n) is 3.07. The Kier molecular flexibility index (Phi) is 4.48. The second-order valence-corrected chi connectivity index (χ2v) is 3.99. The van der Waals surface area contributed by atoms with Crippen LogP contribution in [0.4, 0.5) is 8.78 Å². The minimum atomic E-state index is -2.35. The molecule has 2 N–H and O–H groups in total. The number of nitrogens with two attached hydrogens (primary N) is 1. The van der Waals surface area contributed by atoms with E-state index in [1.165, 1.54) is 0 Å². The van der Waals surface area contributed by atoms with Crippen molar-refractivity contribution in [3.8, 4) is 0 Å². The molecule has 14 heavy (non-hydrogen) atoms. The van der Waals surface area contributed by atoms with E-state index in [0.29, 0.717) is 12.0 Å². The van der Waals surface area contributed by atoms with Crippen LogP contribution in [-0.2, 0) is 0 Å². The Balaban J connectivity index is 2.87. The van der Waals surface area contributed by atoms with Crippen LogP contribution in [0.3, 0.4) is 0 Å². The van der Waals surface area contributed by atoms with Gasteiger partial charge in [-0.2, -0.15) is 0 Å². The maximum absolute atomic E-state index is 12.6. The smallest absolute Gasteiger partial charge is 0.245 e. The van der Waals surface area contributed by atoms with Gasteiger partial charge in [0.1, 0.15) is 0 Å². The molecular weight excluding hydrogens is 252 g/mol. The van der Waals surface area contributed by atoms with Gasteiger partial charge in [-0.1, -0.05) is 28.1 Å². The number of hydrogen-bond acceptors (Lipinski definition) is 1. The molecule has 1 unspecified atom stereocenters. The summed E-state index contributed by atoms with van der Waals surface area (Å²) < 4.78 is 26.1. The van der Waals surface area contributed by atoms with Crippen molar-refractivity contribution < 1.29 is 8.78 Å². The lowest BCUT2D eigenvalue weighted by Crippen LogP contribution is -2.14. The minimum absolute atomic E-state index is 0.279. The molecule has 0 saturated carbocycles. The van der Waals surface area contributed by atoms with Gasteiger partial charge >= 0.3 is 0 Å². The molecule has 1 aromatic rings. The molecule has 0 aliphatic rings. The molecule has 0 heterocycles. The molecule has 0 amide bonds. The molecule has 0 bridgehead atoms. The first-order chi connectivity index (χ1) is 6.65. The average Bonchev–Trinajstić information content (AvgIpc) is 2.13. The van der Waals surface area contributed by atoms with Gasteiger partial charge in [0.05, 0.1) is 0 Å². The van der Waals surface area contributed by atoms with Gasteiger partial charge in [-0.25, -0.2) is 8.78 Å². The van der Waals surface area contributed by atoms with Crippen LogP contribution in [-0.4, -0.2) is 13.0 Å². The second kappa shape index (κ2) is 5.41. The maximum Gasteiger partial charge on any atom is 0.245 e. The molecule has 1 aromatic carbocycles. The number of benzene rings is 1. The first kappa shape index (κ1) is 11.6. The van der Waals surface area contributed by atoms with Crippen molar-refractivity contribution >= 4 is 15.9 Å². The van der Waals surface area contributed by atoms with Gasteiger partial charge in [0.25, 0.3) is 0 Å². The lowest BCUT2D eigenvalue weighted by Gasteiger charge is -2.15. The van der Waals surface area contributed by atoms with E-state index >= 15 is 0 Å². The highest BCUT2D eigenvalue weighted by Gasteiger charge is 2.21. The fourth-order valence-electron chi connectivity index (χ4n) is 1.35. The number of alkyl halides is 2. The summed E-state index contributed by atoms with van der Waals surface area (Å²) in [6.45, 7) is 0.279. The topological polar surface area (TPSA) is 26.0 Å². The van der Waals surface area contributed by atoms with E-state index < -0.39 is 12.3 Å². The van der Waals surface area contributed by atoms with E-state index in [2.05, 4.69) is 15.9 Å². The highest BCUT2D eigenvalue weighted by molar-refractivity contribution is 9.10. The third-order valence-corrected chi connectivity index (χ3v) is 2.55. The number of halogens is 3. The Labute approximate surface area is 90.4 Å². The van der Waals surface area contributed by atoms with Crippen molar-refractivity contribution in [3.05, 3.63) is 34.3 Å². The summed E-state index contributed by atoms with van der Waals surface area (Å²) >= 11 is 3.25. The summed E-state index contributed by atoms with van der Waals surface area (Å²) in [5.41, 5.74) is 5.94. The molecule has 0 aliphatic carbocycles. The third-order valence-electron chi connectivity index (χ3n) is 2.06. The molecule has 1 rings (SSSR count). The Hall–Kier alpha value is -0.480. The van der Waals surface area contributed by atoms with E-state index in [0.717, 1.165) is 4.47 Å². The molecular formula is C10H12BrF2N. The lowest BCUT2D eigenvalue weighted by atomic mass is 9.96. The van der Waals surface area contributed by atoms with Gasteiger partial charge < -0.3 is 5.73 Å². The summed E-state index contributed by atoms with van der Waals surface area (Å²) in [4.78, 5) is 0. The highest BCUT2D eigenvalue weighted by atomic mass is 79.9. The monoisotopic (exact) mass is 263 g/mol. The Morgan fingerprint density at radius 3 is 2.57 bits per heavy atom. The molecule has 78 valence electrons. The fraction of sp³-hybridized carbons (Fsp3) is 0.400. The molecule has 4 heteroatoms. The Morgan fingerprint density at radius 2 is 2.07 bits per heavy atom. The third kappa shape index (κ3) is 3.03. The van der Waals surface area contributed by atoms with Crippen molar-refractivity contribution in [3.63, 3.8) is 0 Å². The molecule has 0 saturated heterocycles. The minimum Gasteiger partial charge on any atom is -0.330 e. The van der Waals surface area contributed by atoms with Crippen LogP contribution in [0, 0.1) is 0 Å². The lowest BCUT2D eigenvalue weighted by molar-refractivity contribution is 0.111. The zero-order valence-electron chi connectivity index (χ0n) is 7.59. The summed E-state index contributed by atoms with van der Waals surface area (Å²) in [5.74, 6) is -0.752. The first-order valence-corrected chi connectivity index (χ1v) is 5.18. The van der Waals surface area contributed by atoms with Crippen LogP contribution < -0.4 is 5.73 Å². The number of hydrogen-bond donors (Lipinski definition) is 1. The summed E-state index contributed by atoms with van der Waals surface area (Å²) in [6, 6.07) is 6.99. The van der Waals surface area contributed by atoms with E-state index in [4.69, 9.17) is 5.73 Å². The van der Waals surface area contributed by atoms with Crippen molar-refractivity contribution in [2.45, 2.75) is 18.8 Å². The average molecular weight is 264 g/mol.